The molecule has 0 bridgehead atoms. The van der Waals surface area contributed by atoms with Crippen LogP contribution in [0.3, 0.4) is 0 Å². The Hall–Kier alpha value is -3.14. The van der Waals surface area contributed by atoms with Gasteiger partial charge in [-0.05, 0) is 33.7 Å². The number of nitrogens with two attached hydrogens (primary N) is 1. The van der Waals surface area contributed by atoms with E-state index in [1.165, 1.54) is 0 Å². The lowest BCUT2D eigenvalue weighted by molar-refractivity contribution is -0.382. The van der Waals surface area contributed by atoms with E-state index in [1.807, 2.05) is 48.5 Å². The van der Waals surface area contributed by atoms with Crippen molar-refractivity contribution in [1.29, 1.82) is 0 Å². The number of hydrogen-bond donors (Lipinski definition) is 1. The van der Waals surface area contributed by atoms with Gasteiger partial charge < -0.3 is 5.73 Å². The number of nitro groups is 1. The van der Waals surface area contributed by atoms with E-state index in [-0.39, 0.29) is 10.6 Å². The zero-order valence-corrected chi connectivity index (χ0v) is 11.6. The van der Waals surface area contributed by atoms with Crippen LogP contribution < -0.4 is 5.73 Å². The van der Waals surface area contributed by atoms with Crippen LogP contribution in [0.5, 0.6) is 0 Å². The second-order valence-corrected chi connectivity index (χ2v) is 5.30. The van der Waals surface area contributed by atoms with Crippen LogP contribution in [0.15, 0.2) is 60.7 Å². The maximum Gasteiger partial charge on any atom is 0.277 e. The maximum absolute atomic E-state index is 11.4. The number of fused-ring (bicyclic) bond motifs is 5. The number of nitro benzene ring substituents is 1. The highest BCUT2D eigenvalue weighted by atomic mass is 16.6. The third-order valence-corrected chi connectivity index (χ3v) is 4.09. The molecule has 0 radical (unpaired) electrons. The topological polar surface area (TPSA) is 69.2 Å². The molecule has 0 saturated heterocycles. The number of benzene rings is 4. The highest BCUT2D eigenvalue weighted by Crippen LogP contribution is 2.38. The highest BCUT2D eigenvalue weighted by molar-refractivity contribution is 6.22. The quantitative estimate of drug-likeness (QED) is 0.240. The summed E-state index contributed by atoms with van der Waals surface area (Å²) >= 11 is 0. The molecule has 0 unspecified atom stereocenters. The molecule has 0 spiro atoms. The molecule has 0 fully saturated rings. The van der Waals surface area contributed by atoms with Crippen LogP contribution >= 0.6 is 0 Å². The van der Waals surface area contributed by atoms with E-state index in [2.05, 4.69) is 0 Å². The molecule has 0 aliphatic heterocycles. The first-order valence-corrected chi connectivity index (χ1v) is 6.94. The van der Waals surface area contributed by atoms with Gasteiger partial charge in [-0.15, -0.1) is 0 Å². The van der Waals surface area contributed by atoms with Gasteiger partial charge in [-0.3, -0.25) is 10.1 Å². The van der Waals surface area contributed by atoms with E-state index in [4.69, 9.17) is 5.73 Å². The van der Waals surface area contributed by atoms with Crippen LogP contribution in [0.2, 0.25) is 0 Å². The Labute approximate surface area is 125 Å². The molecule has 2 N–H and O–H groups in total. The molecule has 4 rings (SSSR count). The number of non-ortho nitro benzene ring substituents is 1. The molecule has 0 saturated carbocycles. The van der Waals surface area contributed by atoms with E-state index >= 15 is 0 Å². The number of nitrogen functional groups attached to an aromatic ring is 1. The Morgan fingerprint density at radius 1 is 0.727 bits per heavy atom. The van der Waals surface area contributed by atoms with Gasteiger partial charge in [-0.25, -0.2) is 0 Å². The third kappa shape index (κ3) is 1.64. The molecule has 106 valence electrons. The second kappa shape index (κ2) is 4.43. The van der Waals surface area contributed by atoms with Crippen LogP contribution in [-0.2, 0) is 0 Å². The van der Waals surface area contributed by atoms with Gasteiger partial charge in [0, 0.05) is 17.1 Å². The first kappa shape index (κ1) is 12.6. The summed E-state index contributed by atoms with van der Waals surface area (Å²) in [6.45, 7) is 0. The van der Waals surface area contributed by atoms with Gasteiger partial charge in [0.1, 0.15) is 0 Å². The summed E-state index contributed by atoms with van der Waals surface area (Å²) in [6.07, 6.45) is 0. The van der Waals surface area contributed by atoms with Crippen molar-refractivity contribution in [1.82, 2.24) is 0 Å². The molecule has 0 aliphatic rings. The summed E-state index contributed by atoms with van der Waals surface area (Å²) in [5.41, 5.74) is 6.98. The van der Waals surface area contributed by atoms with Crippen molar-refractivity contribution in [2.24, 2.45) is 0 Å². The standard InChI is InChI=1S/C18H12N2O2/c19-17-9-15-12-6-2-4-8-14(12)18(20(21)22)10-16(15)11-5-1-3-7-13(11)17/h1-10H,19H2. The van der Waals surface area contributed by atoms with Crippen LogP contribution in [0, 0.1) is 10.1 Å². The van der Waals surface area contributed by atoms with E-state index in [9.17, 15) is 10.1 Å². The Balaban J connectivity index is 2.35. The minimum absolute atomic E-state index is 0.123. The third-order valence-electron chi connectivity index (χ3n) is 4.09. The minimum atomic E-state index is -0.326. The molecule has 0 atom stereocenters. The highest BCUT2D eigenvalue weighted by Gasteiger charge is 2.16. The van der Waals surface area contributed by atoms with Gasteiger partial charge in [0.2, 0.25) is 0 Å². The monoisotopic (exact) mass is 288 g/mol. The fraction of sp³-hybridized carbons (Fsp3) is 0. The zero-order chi connectivity index (χ0) is 15.3. The molecule has 0 aliphatic carbocycles. The largest absolute Gasteiger partial charge is 0.398 e. The lowest BCUT2D eigenvalue weighted by Crippen LogP contribution is -1.93. The fourth-order valence-corrected chi connectivity index (χ4v) is 3.11. The lowest BCUT2D eigenvalue weighted by atomic mass is 9.95. The van der Waals surface area contributed by atoms with Crippen molar-refractivity contribution in [3.05, 3.63) is 70.8 Å². The fourth-order valence-electron chi connectivity index (χ4n) is 3.11. The van der Waals surface area contributed by atoms with Gasteiger partial charge in [0.25, 0.3) is 5.69 Å². The summed E-state index contributed by atoms with van der Waals surface area (Å²) in [4.78, 5) is 11.1. The van der Waals surface area contributed by atoms with E-state index in [0.717, 1.165) is 26.9 Å². The Morgan fingerprint density at radius 2 is 1.23 bits per heavy atom. The van der Waals surface area contributed by atoms with Crippen molar-refractivity contribution in [2.75, 3.05) is 5.73 Å². The van der Waals surface area contributed by atoms with E-state index in [1.54, 1.807) is 12.1 Å². The molecule has 4 aromatic rings. The second-order valence-electron chi connectivity index (χ2n) is 5.30. The summed E-state index contributed by atoms with van der Waals surface area (Å²) in [6, 6.07) is 18.7. The van der Waals surface area contributed by atoms with Crippen LogP contribution in [-0.4, -0.2) is 4.92 Å². The summed E-state index contributed by atoms with van der Waals surface area (Å²) in [5, 5.41) is 16.6. The smallest absolute Gasteiger partial charge is 0.277 e. The average molecular weight is 288 g/mol. The predicted octanol–water partition coefficient (Wildman–Crippen LogP) is 4.64. The van der Waals surface area contributed by atoms with Gasteiger partial charge >= 0.3 is 0 Å². The average Bonchev–Trinajstić information content (AvgIpc) is 2.54. The Morgan fingerprint density at radius 3 is 1.86 bits per heavy atom. The molecular weight excluding hydrogens is 276 g/mol. The number of anilines is 1. The molecule has 0 aromatic heterocycles. The van der Waals surface area contributed by atoms with E-state index < -0.39 is 0 Å². The molecule has 22 heavy (non-hydrogen) atoms. The first-order valence-electron chi connectivity index (χ1n) is 6.94. The summed E-state index contributed by atoms with van der Waals surface area (Å²) in [7, 11) is 0. The first-order chi connectivity index (χ1) is 10.7. The SMILES string of the molecule is Nc1cc2c3ccccc3c([N+](=O)[O-])cc2c2ccccc12. The summed E-state index contributed by atoms with van der Waals surface area (Å²) < 4.78 is 0. The minimum Gasteiger partial charge on any atom is -0.398 e. The normalized spacial score (nSPS) is 11.3. The van der Waals surface area contributed by atoms with Crippen molar-refractivity contribution < 1.29 is 4.92 Å². The zero-order valence-electron chi connectivity index (χ0n) is 11.6. The Bertz CT molecular complexity index is 1070. The van der Waals surface area contributed by atoms with Crippen molar-refractivity contribution in [3.8, 4) is 0 Å². The molecule has 0 amide bonds. The van der Waals surface area contributed by atoms with Crippen molar-refractivity contribution in [3.63, 3.8) is 0 Å². The maximum atomic E-state index is 11.4. The summed E-state index contributed by atoms with van der Waals surface area (Å²) in [5.74, 6) is 0. The lowest BCUT2D eigenvalue weighted by Gasteiger charge is -2.10. The molecule has 4 nitrogen and oxygen atoms in total. The molecule has 4 aromatic carbocycles. The van der Waals surface area contributed by atoms with Gasteiger partial charge in [-0.2, -0.15) is 0 Å². The van der Waals surface area contributed by atoms with Crippen molar-refractivity contribution >= 4 is 43.7 Å². The van der Waals surface area contributed by atoms with Crippen LogP contribution in [0.25, 0.3) is 32.3 Å². The molecule has 4 heteroatoms. The van der Waals surface area contributed by atoms with Gasteiger partial charge in [-0.1, -0.05) is 42.5 Å². The van der Waals surface area contributed by atoms with Crippen molar-refractivity contribution in [2.45, 2.75) is 0 Å². The van der Waals surface area contributed by atoms with Crippen LogP contribution in [0.4, 0.5) is 11.4 Å². The number of rotatable bonds is 1. The van der Waals surface area contributed by atoms with Gasteiger partial charge in [0.15, 0.2) is 0 Å². The molecule has 0 heterocycles. The Kier molecular flexibility index (Phi) is 2.53. The van der Waals surface area contributed by atoms with Crippen LogP contribution in [0.1, 0.15) is 0 Å². The number of hydrogen-bond acceptors (Lipinski definition) is 3. The molecular formula is C18H12N2O2. The van der Waals surface area contributed by atoms with E-state index in [0.29, 0.717) is 11.1 Å². The number of nitrogens with zero attached hydrogens (tertiary/aromatic N) is 1. The van der Waals surface area contributed by atoms with Gasteiger partial charge in [0.05, 0.1) is 10.3 Å². The predicted molar refractivity (Wildman–Crippen MR) is 90.0 cm³/mol.